The molecule has 2 aromatic heterocycles. The third-order valence-electron chi connectivity index (χ3n) is 10.3. The fourth-order valence-corrected chi connectivity index (χ4v) is 9.91. The summed E-state index contributed by atoms with van der Waals surface area (Å²) in [4.78, 5) is 28.1. The zero-order chi connectivity index (χ0) is 53.7. The standard InChI is InChI=1S/C22H29F3N6O4S2.C21H27F3N6O4S2/c1-4-5-9-35-20(32)19-27-29-21(36-19)28-26-16-10-15-7-6-8-31(12-14(2)3)18(15)11-17(16)30-37(33,34)13-22(23,24)25;1-4-5-9-34-19(31)18-26-28-20(35-18)27-25-15-10-14-7-6-8-30(12-13(2)3)17(14)11-16(15)29-36(32,33)21(22,23)24/h10-11,14,30H,4-9,12-13H2,1-3H3;10-11,13,29H,4-9,12H2,1-3H3. The Kier molecular flexibility index (Phi) is 20.4. The summed E-state index contributed by atoms with van der Waals surface area (Å²) in [5, 5.41) is 30.7. The molecule has 30 heteroatoms. The fraction of sp³-hybridized carbons (Fsp3) is 0.581. The third-order valence-corrected chi connectivity index (χ3v) is 14.2. The molecule has 2 aromatic carbocycles. The van der Waals surface area contributed by atoms with Gasteiger partial charge in [-0.25, -0.2) is 18.0 Å². The summed E-state index contributed by atoms with van der Waals surface area (Å²) in [6, 6.07) is 5.97. The molecule has 0 amide bonds. The van der Waals surface area contributed by atoms with Gasteiger partial charge < -0.3 is 19.3 Å². The van der Waals surface area contributed by atoms with Crippen LogP contribution in [0.25, 0.3) is 0 Å². The Morgan fingerprint density at radius 3 is 1.48 bits per heavy atom. The van der Waals surface area contributed by atoms with Gasteiger partial charge in [-0.2, -0.15) is 34.8 Å². The molecule has 0 bridgehead atoms. The molecule has 4 aromatic rings. The van der Waals surface area contributed by atoms with Gasteiger partial charge in [0.2, 0.25) is 20.0 Å². The number of hydrogen-bond donors (Lipinski definition) is 2. The lowest BCUT2D eigenvalue weighted by Gasteiger charge is -2.33. The Labute approximate surface area is 426 Å². The van der Waals surface area contributed by atoms with Crippen molar-refractivity contribution in [2.45, 2.75) is 105 Å². The molecule has 0 atom stereocenters. The summed E-state index contributed by atoms with van der Waals surface area (Å²) in [6.45, 7) is 15.3. The number of azo groups is 2. The molecule has 0 aliphatic carbocycles. The Morgan fingerprint density at radius 2 is 1.10 bits per heavy atom. The van der Waals surface area contributed by atoms with Crippen molar-refractivity contribution in [1.82, 2.24) is 20.4 Å². The van der Waals surface area contributed by atoms with E-state index >= 15 is 0 Å². The summed E-state index contributed by atoms with van der Waals surface area (Å²) >= 11 is 1.62. The molecule has 4 heterocycles. The van der Waals surface area contributed by atoms with Crippen molar-refractivity contribution in [2.75, 3.05) is 64.4 Å². The second kappa shape index (κ2) is 25.6. The van der Waals surface area contributed by atoms with E-state index < -0.39 is 49.4 Å². The summed E-state index contributed by atoms with van der Waals surface area (Å²) in [6.07, 6.45) is 1.20. The first-order valence-electron chi connectivity index (χ1n) is 23.1. The first-order valence-corrected chi connectivity index (χ1v) is 27.9. The number of halogens is 6. The normalized spacial score (nSPS) is 14.3. The van der Waals surface area contributed by atoms with Crippen molar-refractivity contribution in [3.05, 3.63) is 45.4 Å². The van der Waals surface area contributed by atoms with E-state index in [0.29, 0.717) is 56.9 Å². The average Bonchev–Trinajstić information content (AvgIpc) is 3.97. The second-order valence-corrected chi connectivity index (χ2v) is 22.9. The number of benzene rings is 2. The lowest BCUT2D eigenvalue weighted by molar-refractivity contribution is -0.106. The maximum absolute atomic E-state index is 13.1. The smallest absolute Gasteiger partial charge is 0.460 e. The molecule has 0 unspecified atom stereocenters. The molecule has 0 saturated heterocycles. The lowest BCUT2D eigenvalue weighted by atomic mass is 9.99. The molecule has 73 heavy (non-hydrogen) atoms. The minimum atomic E-state index is -5.70. The number of hydrogen-bond acceptors (Lipinski definition) is 20. The van der Waals surface area contributed by atoms with E-state index in [1.807, 2.05) is 51.2 Å². The van der Waals surface area contributed by atoms with Gasteiger partial charge in [0.25, 0.3) is 10.3 Å². The minimum absolute atomic E-state index is 0.00527. The van der Waals surface area contributed by atoms with Crippen molar-refractivity contribution >= 4 is 99.0 Å². The number of nitrogens with one attached hydrogen (secondary N) is 2. The molecule has 402 valence electrons. The van der Waals surface area contributed by atoms with Crippen LogP contribution in [0.1, 0.15) is 111 Å². The van der Waals surface area contributed by atoms with E-state index in [4.69, 9.17) is 9.47 Å². The van der Waals surface area contributed by atoms with Crippen LogP contribution in [0.3, 0.4) is 0 Å². The predicted molar refractivity (Wildman–Crippen MR) is 264 cm³/mol. The van der Waals surface area contributed by atoms with Gasteiger partial charge in [0.05, 0.1) is 24.6 Å². The van der Waals surface area contributed by atoms with E-state index in [2.05, 4.69) is 45.8 Å². The summed E-state index contributed by atoms with van der Waals surface area (Å²) in [5.74, 6) is -2.75. The number of aryl methyl sites for hydroxylation is 2. The Balaban J connectivity index is 0.000000271. The SMILES string of the molecule is CCCCOC(=O)c1nnc(N=Nc2cc3c(cc2NS(=O)(=O)C(F)(F)F)N(CC(C)C)CCC3)s1.CCCCOC(=O)c1nnc(N=Nc2cc3c(cc2NS(=O)(=O)CC(F)(F)F)N(CC(C)C)CCC3)s1. The van der Waals surface area contributed by atoms with Gasteiger partial charge in [0.1, 0.15) is 11.4 Å². The van der Waals surface area contributed by atoms with Crippen molar-refractivity contribution in [2.24, 2.45) is 32.3 Å². The van der Waals surface area contributed by atoms with Crippen LogP contribution < -0.4 is 19.2 Å². The van der Waals surface area contributed by atoms with Gasteiger partial charge in [-0.15, -0.1) is 40.9 Å². The van der Waals surface area contributed by atoms with Gasteiger partial charge in [-0.3, -0.25) is 9.44 Å². The van der Waals surface area contributed by atoms with Gasteiger partial charge >= 0.3 is 33.6 Å². The Bertz CT molecular complexity index is 2820. The Morgan fingerprint density at radius 1 is 0.671 bits per heavy atom. The molecule has 0 spiro atoms. The highest BCUT2D eigenvalue weighted by molar-refractivity contribution is 7.93. The predicted octanol–water partition coefficient (Wildman–Crippen LogP) is 11.2. The number of sulfonamides is 2. The molecule has 0 radical (unpaired) electrons. The molecule has 2 aliphatic heterocycles. The number of carbonyl (C=O) groups excluding carboxylic acids is 2. The van der Waals surface area contributed by atoms with Crippen LogP contribution in [0.5, 0.6) is 0 Å². The molecule has 2 aliphatic rings. The van der Waals surface area contributed by atoms with E-state index in [9.17, 15) is 52.8 Å². The zero-order valence-electron chi connectivity index (χ0n) is 40.7. The van der Waals surface area contributed by atoms with Gasteiger partial charge in [-0.05, 0) is 85.8 Å². The number of aromatic nitrogens is 4. The van der Waals surface area contributed by atoms with Crippen LogP contribution in [0.2, 0.25) is 0 Å². The van der Waals surface area contributed by atoms with Gasteiger partial charge in [0.15, 0.2) is 5.75 Å². The van der Waals surface area contributed by atoms with Crippen molar-refractivity contribution < 1.29 is 62.2 Å². The van der Waals surface area contributed by atoms with E-state index in [-0.39, 0.29) is 62.2 Å². The average molecular weight is 1110 g/mol. The molecular weight excluding hydrogens is 1050 g/mol. The highest BCUT2D eigenvalue weighted by Gasteiger charge is 2.46. The first-order chi connectivity index (χ1) is 34.3. The third kappa shape index (κ3) is 17.5. The number of esters is 2. The van der Waals surface area contributed by atoms with Crippen LogP contribution in [-0.4, -0.2) is 106 Å². The molecule has 20 nitrogen and oxygen atoms in total. The van der Waals surface area contributed by atoms with Gasteiger partial charge in [-0.1, -0.05) is 77.1 Å². The van der Waals surface area contributed by atoms with Crippen LogP contribution in [0, 0.1) is 11.8 Å². The van der Waals surface area contributed by atoms with E-state index in [0.717, 1.165) is 71.7 Å². The van der Waals surface area contributed by atoms with Crippen LogP contribution in [-0.2, 0) is 42.4 Å². The number of anilines is 4. The van der Waals surface area contributed by atoms with Gasteiger partial charge in [0, 0.05) is 37.6 Å². The van der Waals surface area contributed by atoms with Crippen LogP contribution in [0.15, 0.2) is 44.7 Å². The molecule has 6 rings (SSSR count). The van der Waals surface area contributed by atoms with Crippen molar-refractivity contribution in [1.29, 1.82) is 0 Å². The highest BCUT2D eigenvalue weighted by atomic mass is 32.2. The number of carbonyl (C=O) groups is 2. The van der Waals surface area contributed by atoms with Crippen molar-refractivity contribution in [3.8, 4) is 0 Å². The fourth-order valence-electron chi connectivity index (χ4n) is 7.21. The van der Waals surface area contributed by atoms with E-state index in [1.165, 1.54) is 18.2 Å². The number of nitrogens with zero attached hydrogens (tertiary/aromatic N) is 10. The van der Waals surface area contributed by atoms with Crippen LogP contribution in [0.4, 0.5) is 70.7 Å². The zero-order valence-corrected chi connectivity index (χ0v) is 44.0. The number of unbranched alkanes of at least 4 members (excludes halogenated alkanes) is 2. The molecule has 0 fully saturated rings. The largest absolute Gasteiger partial charge is 0.516 e. The summed E-state index contributed by atoms with van der Waals surface area (Å²) in [7, 11) is -10.5. The maximum atomic E-state index is 13.1. The molecule has 2 N–H and O–H groups in total. The number of ether oxygens (including phenoxy) is 2. The van der Waals surface area contributed by atoms with E-state index in [1.54, 1.807) is 10.8 Å². The maximum Gasteiger partial charge on any atom is 0.516 e. The highest BCUT2D eigenvalue weighted by Crippen LogP contribution is 2.41. The van der Waals surface area contributed by atoms with Crippen molar-refractivity contribution in [3.63, 3.8) is 0 Å². The molecule has 0 saturated carbocycles. The number of alkyl halides is 6. The minimum Gasteiger partial charge on any atom is -0.460 e. The molecular formula is C43H56F6N12O8S4. The number of fused-ring (bicyclic) bond motifs is 2. The summed E-state index contributed by atoms with van der Waals surface area (Å²) in [5.41, 5.74) is -3.05. The summed E-state index contributed by atoms with van der Waals surface area (Å²) < 4.78 is 140. The lowest BCUT2D eigenvalue weighted by Crippen LogP contribution is -2.33. The Hall–Kier alpha value is -5.62. The van der Waals surface area contributed by atoms with Crippen LogP contribution >= 0.6 is 22.7 Å². The topological polar surface area (TPSA) is 252 Å². The quantitative estimate of drug-likeness (QED) is 0.0341. The first kappa shape index (κ1) is 58.3. The number of rotatable bonds is 21. The second-order valence-electron chi connectivity index (χ2n) is 17.6. The monoisotopic (exact) mass is 1110 g/mol.